The molecule has 166 valence electrons. The topological polar surface area (TPSA) is 86.8 Å². The summed E-state index contributed by atoms with van der Waals surface area (Å²) in [5.74, 6) is -0.747. The van der Waals surface area contributed by atoms with E-state index < -0.39 is 15.9 Å². The van der Waals surface area contributed by atoms with Crippen LogP contribution in [0.1, 0.15) is 42.5 Å². The van der Waals surface area contributed by atoms with Gasteiger partial charge in [0.25, 0.3) is 5.91 Å². The van der Waals surface area contributed by atoms with E-state index in [0.29, 0.717) is 5.69 Å². The van der Waals surface area contributed by atoms with E-state index in [1.165, 1.54) is 28.4 Å². The zero-order valence-corrected chi connectivity index (χ0v) is 18.8. The monoisotopic (exact) mass is 443 g/mol. The summed E-state index contributed by atoms with van der Waals surface area (Å²) in [5, 5.41) is 2.73. The molecule has 2 aromatic carbocycles. The largest absolute Gasteiger partial charge is 0.332 e. The summed E-state index contributed by atoms with van der Waals surface area (Å²) in [6, 6.07) is 15.0. The van der Waals surface area contributed by atoms with Crippen LogP contribution in [0.4, 0.5) is 5.69 Å². The Balaban J connectivity index is 1.69. The summed E-state index contributed by atoms with van der Waals surface area (Å²) in [6.45, 7) is -0.146. The number of para-hydroxylation sites is 1. The molecule has 1 fully saturated rings. The van der Waals surface area contributed by atoms with Crippen molar-refractivity contribution in [3.05, 3.63) is 60.2 Å². The molecule has 1 saturated carbocycles. The minimum absolute atomic E-state index is 0.0116. The molecule has 2 aromatic rings. The molecule has 1 aliphatic carbocycles. The molecule has 0 heterocycles. The van der Waals surface area contributed by atoms with E-state index in [9.17, 15) is 18.0 Å². The van der Waals surface area contributed by atoms with E-state index in [0.717, 1.165) is 32.1 Å². The predicted octanol–water partition coefficient (Wildman–Crippen LogP) is 3.35. The van der Waals surface area contributed by atoms with Gasteiger partial charge in [-0.2, -0.15) is 4.31 Å². The number of likely N-dealkylation sites (N-methyl/N-ethyl adjacent to an activating group) is 1. The first kappa shape index (κ1) is 23.0. The molecule has 1 aliphatic rings. The lowest BCUT2D eigenvalue weighted by Crippen LogP contribution is -2.38. The van der Waals surface area contributed by atoms with Crippen molar-refractivity contribution < 1.29 is 18.0 Å². The van der Waals surface area contributed by atoms with Crippen LogP contribution in [-0.2, 0) is 14.8 Å². The average Bonchev–Trinajstić information content (AvgIpc) is 2.79. The fraction of sp³-hybridized carbons (Fsp3) is 0.391. The lowest BCUT2D eigenvalue weighted by molar-refractivity contribution is -0.116. The molecule has 3 rings (SSSR count). The standard InChI is InChI=1S/C23H29N3O4S/c1-25(17-22(27)24-19-11-5-3-6-12-19)23(28)18-10-9-15-21(16-18)31(29,30)26(2)20-13-7-4-8-14-20/h3,5-6,9-12,15-16,20H,4,7-8,13-14,17H2,1-2H3,(H,24,27). The minimum Gasteiger partial charge on any atom is -0.332 e. The van der Waals surface area contributed by atoms with Crippen LogP contribution in [0.5, 0.6) is 0 Å². The molecular formula is C23H29N3O4S. The van der Waals surface area contributed by atoms with E-state index >= 15 is 0 Å². The van der Waals surface area contributed by atoms with E-state index in [2.05, 4.69) is 5.32 Å². The Morgan fingerprint density at radius 1 is 0.968 bits per heavy atom. The number of nitrogens with zero attached hydrogens (tertiary/aromatic N) is 2. The van der Waals surface area contributed by atoms with Crippen molar-refractivity contribution in [2.24, 2.45) is 0 Å². The molecule has 0 spiro atoms. The number of carbonyl (C=O) groups excluding carboxylic acids is 2. The number of amides is 2. The van der Waals surface area contributed by atoms with Crippen LogP contribution < -0.4 is 5.32 Å². The quantitative estimate of drug-likeness (QED) is 0.711. The Morgan fingerprint density at radius 3 is 2.32 bits per heavy atom. The number of carbonyl (C=O) groups is 2. The molecule has 0 aromatic heterocycles. The van der Waals surface area contributed by atoms with Gasteiger partial charge in [0.1, 0.15) is 0 Å². The molecular weight excluding hydrogens is 414 g/mol. The first-order chi connectivity index (χ1) is 14.8. The van der Waals surface area contributed by atoms with Crippen LogP contribution in [0.2, 0.25) is 0 Å². The molecule has 31 heavy (non-hydrogen) atoms. The second kappa shape index (κ2) is 10.1. The van der Waals surface area contributed by atoms with Crippen molar-refractivity contribution in [3.63, 3.8) is 0 Å². The van der Waals surface area contributed by atoms with Crippen molar-refractivity contribution in [3.8, 4) is 0 Å². The zero-order chi connectivity index (χ0) is 22.4. The summed E-state index contributed by atoms with van der Waals surface area (Å²) in [6.07, 6.45) is 4.90. The summed E-state index contributed by atoms with van der Waals surface area (Å²) >= 11 is 0. The van der Waals surface area contributed by atoms with Gasteiger partial charge in [-0.05, 0) is 43.2 Å². The number of nitrogens with one attached hydrogen (secondary N) is 1. The van der Waals surface area contributed by atoms with E-state index in [-0.39, 0.29) is 29.0 Å². The lowest BCUT2D eigenvalue weighted by atomic mass is 9.96. The maximum absolute atomic E-state index is 13.1. The fourth-order valence-corrected chi connectivity index (χ4v) is 5.29. The number of hydrogen-bond acceptors (Lipinski definition) is 4. The highest BCUT2D eigenvalue weighted by atomic mass is 32.2. The highest BCUT2D eigenvalue weighted by Gasteiger charge is 2.29. The van der Waals surface area contributed by atoms with Gasteiger partial charge in [0.05, 0.1) is 11.4 Å². The van der Waals surface area contributed by atoms with Crippen LogP contribution in [0.15, 0.2) is 59.5 Å². The smallest absolute Gasteiger partial charge is 0.254 e. The van der Waals surface area contributed by atoms with Crippen LogP contribution in [0.3, 0.4) is 0 Å². The van der Waals surface area contributed by atoms with Gasteiger partial charge in [-0.15, -0.1) is 0 Å². The number of sulfonamides is 1. The molecule has 0 bridgehead atoms. The number of anilines is 1. The SMILES string of the molecule is CN(CC(=O)Nc1ccccc1)C(=O)c1cccc(S(=O)(=O)N(C)C2CCCCC2)c1. The highest BCUT2D eigenvalue weighted by Crippen LogP contribution is 2.27. The third-order valence-electron chi connectivity index (χ3n) is 5.63. The third kappa shape index (κ3) is 5.71. The van der Waals surface area contributed by atoms with Crippen molar-refractivity contribution in [1.29, 1.82) is 0 Å². The van der Waals surface area contributed by atoms with Gasteiger partial charge in [0, 0.05) is 31.4 Å². The van der Waals surface area contributed by atoms with Crippen molar-refractivity contribution in [2.75, 3.05) is 26.0 Å². The van der Waals surface area contributed by atoms with Crippen LogP contribution in [0.25, 0.3) is 0 Å². The first-order valence-electron chi connectivity index (χ1n) is 10.5. The Labute approximate surface area is 184 Å². The molecule has 8 heteroatoms. The van der Waals surface area contributed by atoms with Gasteiger partial charge in [-0.3, -0.25) is 9.59 Å². The maximum atomic E-state index is 13.1. The van der Waals surface area contributed by atoms with Gasteiger partial charge in [0.15, 0.2) is 0 Å². The maximum Gasteiger partial charge on any atom is 0.254 e. The molecule has 0 unspecified atom stereocenters. The normalized spacial score (nSPS) is 14.9. The lowest BCUT2D eigenvalue weighted by Gasteiger charge is -2.30. The van der Waals surface area contributed by atoms with Gasteiger partial charge in [-0.25, -0.2) is 8.42 Å². The molecule has 0 saturated heterocycles. The van der Waals surface area contributed by atoms with Gasteiger partial charge in [0.2, 0.25) is 15.9 Å². The second-order valence-corrected chi connectivity index (χ2v) is 9.91. The Morgan fingerprint density at radius 2 is 1.65 bits per heavy atom. The summed E-state index contributed by atoms with van der Waals surface area (Å²) in [5.41, 5.74) is 0.875. The molecule has 0 aliphatic heterocycles. The van der Waals surface area contributed by atoms with Crippen molar-refractivity contribution in [1.82, 2.24) is 9.21 Å². The summed E-state index contributed by atoms with van der Waals surface area (Å²) in [7, 11) is -0.574. The van der Waals surface area contributed by atoms with Gasteiger partial charge < -0.3 is 10.2 Å². The molecule has 7 nitrogen and oxygen atoms in total. The second-order valence-electron chi connectivity index (χ2n) is 7.92. The first-order valence-corrected chi connectivity index (χ1v) is 11.9. The van der Waals surface area contributed by atoms with E-state index in [4.69, 9.17) is 0 Å². The van der Waals surface area contributed by atoms with Crippen molar-refractivity contribution in [2.45, 2.75) is 43.0 Å². The number of hydrogen-bond donors (Lipinski definition) is 1. The van der Waals surface area contributed by atoms with Crippen LogP contribution >= 0.6 is 0 Å². The fourth-order valence-electron chi connectivity index (χ4n) is 3.83. The summed E-state index contributed by atoms with van der Waals surface area (Å²) in [4.78, 5) is 26.4. The van der Waals surface area contributed by atoms with Crippen LogP contribution in [0, 0.1) is 0 Å². The number of benzene rings is 2. The third-order valence-corrected chi connectivity index (χ3v) is 7.54. The van der Waals surface area contributed by atoms with E-state index in [1.54, 1.807) is 43.4 Å². The predicted molar refractivity (Wildman–Crippen MR) is 120 cm³/mol. The Hall–Kier alpha value is -2.71. The molecule has 1 N–H and O–H groups in total. The van der Waals surface area contributed by atoms with Crippen LogP contribution in [-0.4, -0.2) is 56.1 Å². The molecule has 0 atom stereocenters. The van der Waals surface area contributed by atoms with Gasteiger partial charge >= 0.3 is 0 Å². The van der Waals surface area contributed by atoms with Gasteiger partial charge in [-0.1, -0.05) is 43.5 Å². The van der Waals surface area contributed by atoms with Crippen molar-refractivity contribution >= 4 is 27.5 Å². The zero-order valence-electron chi connectivity index (χ0n) is 18.0. The number of rotatable bonds is 7. The Kier molecular flexibility index (Phi) is 7.46. The Bertz CT molecular complexity index is 1020. The molecule has 0 radical (unpaired) electrons. The minimum atomic E-state index is -3.70. The molecule has 2 amide bonds. The highest BCUT2D eigenvalue weighted by molar-refractivity contribution is 7.89. The van der Waals surface area contributed by atoms with E-state index in [1.807, 2.05) is 6.07 Å². The summed E-state index contributed by atoms with van der Waals surface area (Å²) < 4.78 is 27.6. The average molecular weight is 444 g/mol.